The molecule has 0 unspecified atom stereocenters. The molecule has 0 radical (unpaired) electrons. The summed E-state index contributed by atoms with van der Waals surface area (Å²) in [5, 5.41) is 4.88. The molecule has 2 rings (SSSR count). The van der Waals surface area contributed by atoms with E-state index < -0.39 is 0 Å². The highest BCUT2D eigenvalue weighted by Crippen LogP contribution is 2.31. The SMILES string of the molecule is Cn1ncc(N)c1-c1cnc(Cl)cc1Cl. The number of hydrogen-bond acceptors (Lipinski definition) is 3. The van der Waals surface area contributed by atoms with Crippen LogP contribution in [0, 0.1) is 0 Å². The van der Waals surface area contributed by atoms with Crippen molar-refractivity contribution in [1.82, 2.24) is 14.8 Å². The third kappa shape index (κ3) is 1.78. The fourth-order valence-electron chi connectivity index (χ4n) is 1.37. The quantitative estimate of drug-likeness (QED) is 0.782. The lowest BCUT2D eigenvalue weighted by Crippen LogP contribution is -1.97. The van der Waals surface area contributed by atoms with Crippen molar-refractivity contribution in [3.63, 3.8) is 0 Å². The molecule has 2 N–H and O–H groups in total. The number of rotatable bonds is 1. The summed E-state index contributed by atoms with van der Waals surface area (Å²) >= 11 is 11.8. The Morgan fingerprint density at radius 2 is 2.07 bits per heavy atom. The molecule has 0 aliphatic heterocycles. The molecule has 2 aromatic rings. The van der Waals surface area contributed by atoms with Crippen molar-refractivity contribution >= 4 is 28.9 Å². The van der Waals surface area contributed by atoms with E-state index in [0.29, 0.717) is 15.9 Å². The number of anilines is 1. The first kappa shape index (κ1) is 10.3. The number of hydrogen-bond donors (Lipinski definition) is 1. The van der Waals surface area contributed by atoms with Gasteiger partial charge in [-0.1, -0.05) is 23.2 Å². The largest absolute Gasteiger partial charge is 0.396 e. The number of aromatic nitrogens is 3. The first-order valence-corrected chi connectivity index (χ1v) is 4.94. The standard InChI is InChI=1S/C9H8Cl2N4/c1-15-9(7(12)4-14-15)5-3-13-8(11)2-6(5)10/h2-4H,12H2,1H3. The second-order valence-corrected chi connectivity index (χ2v) is 3.85. The van der Waals surface area contributed by atoms with Gasteiger partial charge in [-0.05, 0) is 6.07 Å². The monoisotopic (exact) mass is 242 g/mol. The highest BCUT2D eigenvalue weighted by atomic mass is 35.5. The predicted molar refractivity (Wildman–Crippen MR) is 60.9 cm³/mol. The first-order chi connectivity index (χ1) is 7.09. The molecule has 0 aliphatic carbocycles. The molecular formula is C9H8Cl2N4. The van der Waals surface area contributed by atoms with Crippen LogP contribution in [0.25, 0.3) is 11.3 Å². The normalized spacial score (nSPS) is 10.6. The Labute approximate surface area is 96.6 Å². The van der Waals surface area contributed by atoms with Gasteiger partial charge in [-0.2, -0.15) is 5.10 Å². The third-order valence-electron chi connectivity index (χ3n) is 2.04. The minimum Gasteiger partial charge on any atom is -0.396 e. The Morgan fingerprint density at radius 3 is 2.60 bits per heavy atom. The summed E-state index contributed by atoms with van der Waals surface area (Å²) in [5.41, 5.74) is 7.80. The van der Waals surface area contributed by atoms with Gasteiger partial charge >= 0.3 is 0 Å². The molecule has 0 amide bonds. The summed E-state index contributed by atoms with van der Waals surface area (Å²) < 4.78 is 1.64. The molecule has 4 nitrogen and oxygen atoms in total. The lowest BCUT2D eigenvalue weighted by molar-refractivity contribution is 0.775. The van der Waals surface area contributed by atoms with Crippen LogP contribution in [0.2, 0.25) is 10.2 Å². The van der Waals surface area contributed by atoms with Gasteiger partial charge in [0.15, 0.2) is 0 Å². The maximum atomic E-state index is 6.04. The Kier molecular flexibility index (Phi) is 2.54. The van der Waals surface area contributed by atoms with E-state index in [4.69, 9.17) is 28.9 Å². The van der Waals surface area contributed by atoms with E-state index in [1.165, 1.54) is 0 Å². The van der Waals surface area contributed by atoms with Gasteiger partial charge < -0.3 is 5.73 Å². The number of aryl methyl sites for hydroxylation is 1. The van der Waals surface area contributed by atoms with Crippen LogP contribution < -0.4 is 5.73 Å². The molecule has 0 aliphatic rings. The van der Waals surface area contributed by atoms with E-state index in [1.807, 2.05) is 0 Å². The molecule has 78 valence electrons. The van der Waals surface area contributed by atoms with E-state index >= 15 is 0 Å². The summed E-state index contributed by atoms with van der Waals surface area (Å²) in [4.78, 5) is 3.96. The zero-order chi connectivity index (χ0) is 11.0. The molecule has 0 aromatic carbocycles. The highest BCUT2D eigenvalue weighted by molar-refractivity contribution is 6.35. The highest BCUT2D eigenvalue weighted by Gasteiger charge is 2.12. The molecule has 0 spiro atoms. The van der Waals surface area contributed by atoms with Gasteiger partial charge in [0.05, 0.1) is 22.6 Å². The number of pyridine rings is 1. The molecule has 0 bridgehead atoms. The first-order valence-electron chi connectivity index (χ1n) is 4.18. The fraction of sp³-hybridized carbons (Fsp3) is 0.111. The Morgan fingerprint density at radius 1 is 1.33 bits per heavy atom. The number of nitrogens with two attached hydrogens (primary N) is 1. The van der Waals surface area contributed by atoms with Crippen molar-refractivity contribution in [3.8, 4) is 11.3 Å². The Balaban J connectivity index is 2.64. The van der Waals surface area contributed by atoms with Crippen molar-refractivity contribution in [2.24, 2.45) is 7.05 Å². The van der Waals surface area contributed by atoms with E-state index in [2.05, 4.69) is 10.1 Å². The maximum absolute atomic E-state index is 6.04. The molecule has 0 saturated heterocycles. The third-order valence-corrected chi connectivity index (χ3v) is 2.56. The molecule has 2 aromatic heterocycles. The van der Waals surface area contributed by atoms with E-state index in [-0.39, 0.29) is 0 Å². The van der Waals surface area contributed by atoms with Crippen LogP contribution >= 0.6 is 23.2 Å². The second-order valence-electron chi connectivity index (χ2n) is 3.06. The van der Waals surface area contributed by atoms with Gasteiger partial charge in [-0.15, -0.1) is 0 Å². The summed E-state index contributed by atoms with van der Waals surface area (Å²) in [6, 6.07) is 1.57. The molecule has 2 heterocycles. The van der Waals surface area contributed by atoms with Crippen molar-refractivity contribution in [2.75, 3.05) is 5.73 Å². The molecule has 0 saturated carbocycles. The van der Waals surface area contributed by atoms with Crippen LogP contribution in [0.1, 0.15) is 0 Å². The topological polar surface area (TPSA) is 56.7 Å². The van der Waals surface area contributed by atoms with Gasteiger partial charge in [-0.3, -0.25) is 4.68 Å². The van der Waals surface area contributed by atoms with Crippen molar-refractivity contribution in [2.45, 2.75) is 0 Å². The average Bonchev–Trinajstić information content (AvgIpc) is 2.48. The lowest BCUT2D eigenvalue weighted by Gasteiger charge is -2.05. The summed E-state index contributed by atoms with van der Waals surface area (Å²) in [6.07, 6.45) is 3.15. The molecule has 0 atom stereocenters. The van der Waals surface area contributed by atoms with Gasteiger partial charge in [0.2, 0.25) is 0 Å². The molecular weight excluding hydrogens is 235 g/mol. The van der Waals surface area contributed by atoms with E-state index in [1.54, 1.807) is 30.2 Å². The van der Waals surface area contributed by atoms with Crippen LogP contribution in [0.15, 0.2) is 18.5 Å². The number of halogens is 2. The van der Waals surface area contributed by atoms with Gasteiger partial charge in [-0.25, -0.2) is 4.98 Å². The average molecular weight is 243 g/mol. The Bertz CT molecular complexity index is 487. The summed E-state index contributed by atoms with van der Waals surface area (Å²) in [7, 11) is 1.79. The fourth-order valence-corrected chi connectivity index (χ4v) is 1.82. The van der Waals surface area contributed by atoms with E-state index in [0.717, 1.165) is 11.3 Å². The van der Waals surface area contributed by atoms with Crippen molar-refractivity contribution < 1.29 is 0 Å². The van der Waals surface area contributed by atoms with Crippen LogP contribution in [0.4, 0.5) is 5.69 Å². The number of nitrogens with zero attached hydrogens (tertiary/aromatic N) is 3. The van der Waals surface area contributed by atoms with Gasteiger partial charge in [0, 0.05) is 18.8 Å². The molecule has 6 heteroatoms. The zero-order valence-corrected chi connectivity index (χ0v) is 9.42. The van der Waals surface area contributed by atoms with E-state index in [9.17, 15) is 0 Å². The van der Waals surface area contributed by atoms with Crippen molar-refractivity contribution in [1.29, 1.82) is 0 Å². The number of nitrogen functional groups attached to an aromatic ring is 1. The minimum absolute atomic E-state index is 0.351. The molecule has 15 heavy (non-hydrogen) atoms. The van der Waals surface area contributed by atoms with Crippen LogP contribution in [0.5, 0.6) is 0 Å². The lowest BCUT2D eigenvalue weighted by atomic mass is 10.2. The second kappa shape index (κ2) is 3.72. The molecule has 0 fully saturated rings. The maximum Gasteiger partial charge on any atom is 0.130 e. The van der Waals surface area contributed by atoms with Crippen LogP contribution in [-0.4, -0.2) is 14.8 Å². The van der Waals surface area contributed by atoms with Crippen LogP contribution in [0.3, 0.4) is 0 Å². The predicted octanol–water partition coefficient (Wildman–Crippen LogP) is 2.37. The van der Waals surface area contributed by atoms with Gasteiger partial charge in [0.25, 0.3) is 0 Å². The minimum atomic E-state index is 0.351. The van der Waals surface area contributed by atoms with Crippen LogP contribution in [-0.2, 0) is 7.05 Å². The zero-order valence-electron chi connectivity index (χ0n) is 7.91. The smallest absolute Gasteiger partial charge is 0.130 e. The summed E-state index contributed by atoms with van der Waals surface area (Å²) in [5.74, 6) is 0. The van der Waals surface area contributed by atoms with Gasteiger partial charge in [0.1, 0.15) is 5.15 Å². The summed E-state index contributed by atoms with van der Waals surface area (Å²) in [6.45, 7) is 0. The van der Waals surface area contributed by atoms with Crippen molar-refractivity contribution in [3.05, 3.63) is 28.6 Å². The Hall–Kier alpha value is -1.26.